The van der Waals surface area contributed by atoms with E-state index in [9.17, 15) is 46.6 Å². The van der Waals surface area contributed by atoms with Crippen molar-refractivity contribution in [2.45, 2.75) is 159 Å². The number of hydrogen-bond acceptors (Lipinski definition) is 14. The molecule has 0 unspecified atom stereocenters. The number of likely N-dealkylation sites (tertiary alicyclic amines) is 2. The predicted molar refractivity (Wildman–Crippen MR) is 389 cm³/mol. The second kappa shape index (κ2) is 36.1. The lowest BCUT2D eigenvalue weighted by atomic mass is 9.70. The van der Waals surface area contributed by atoms with Gasteiger partial charge in [-0.05, 0) is 168 Å². The van der Waals surface area contributed by atoms with Crippen molar-refractivity contribution < 1.29 is 70.1 Å². The molecule has 0 saturated carbocycles. The fourth-order valence-corrected chi connectivity index (χ4v) is 15.8. The van der Waals surface area contributed by atoms with Crippen LogP contribution in [0.15, 0.2) is 194 Å². The molecule has 533 valence electrons. The van der Waals surface area contributed by atoms with Gasteiger partial charge in [0.25, 0.3) is 11.8 Å². The highest BCUT2D eigenvalue weighted by atomic mass is 32.1. The molecule has 14 nitrogen and oxygen atoms in total. The van der Waals surface area contributed by atoms with Crippen LogP contribution >= 0.6 is 22.7 Å². The van der Waals surface area contributed by atoms with E-state index in [1.165, 1.54) is 102 Å². The number of alkyl halides is 4. The molecule has 2 amide bonds. The summed E-state index contributed by atoms with van der Waals surface area (Å²) < 4.78 is 82.7. The van der Waals surface area contributed by atoms with Crippen LogP contribution in [-0.4, -0.2) is 133 Å². The number of rotatable bonds is 26. The van der Waals surface area contributed by atoms with Crippen LogP contribution in [0.2, 0.25) is 6.82 Å². The summed E-state index contributed by atoms with van der Waals surface area (Å²) in [6.45, 7) is 9.80. The second-order valence-corrected chi connectivity index (χ2v) is 28.8. The minimum atomic E-state index is -3.43. The highest BCUT2D eigenvalue weighted by Gasteiger charge is 2.64. The Kier molecular flexibility index (Phi) is 27.6. The fourth-order valence-electron chi connectivity index (χ4n) is 13.9. The van der Waals surface area contributed by atoms with Crippen LogP contribution in [0.4, 0.5) is 17.6 Å². The van der Waals surface area contributed by atoms with Gasteiger partial charge in [0, 0.05) is 47.1 Å². The zero-order chi connectivity index (χ0) is 72.2. The molecule has 0 aliphatic carbocycles. The lowest BCUT2D eigenvalue weighted by Crippen LogP contribution is -2.52. The number of nitrogens with zero attached hydrogens (tertiary/aromatic N) is 3. The standard InChI is InChI=1S/C27H33F2NO4S.C27H31F2NO4S.C19H22BNO.C6H4BO2/c2*1-19(8-6-11-20-9-4-3-5-10-20)23(31)15-13-21-18-27(28,29)26(33)30(21)17-7-12-22-14-16-24(35-22)25(32)34-2;1-18-14-9-15-21(18)20(2)22-19(18,16-10-5-3-6-11-16)17-12-7-4-8-13-17;1-2-4-6-5(3-1)8-7-9-6/h3-5,9-10,13-16,19,21,23,31H,6-8,11-12,17-18H2,1-2H3;3-5,9-10,13-16,19,21H,6-8,11-12,17-18H2,1-2H3;3-8,10-13H,9,14-15H2,1-2H3;1-4H/b2*15-13+;;/t19-,21+,23-;19-,21+;18-;/m111./s1. The molecule has 5 aliphatic heterocycles. The number of carbonyl (C=O) groups excluding carboxylic acids is 5. The molecule has 5 aromatic carbocycles. The second-order valence-electron chi connectivity index (χ2n) is 26.4. The molecule has 1 radical (unpaired) electrons. The number of methoxy groups -OCH3 is 2. The number of esters is 2. The number of benzene rings is 5. The average Bonchev–Trinajstić information content (AvgIpc) is 1.54. The molecular weight excluding hydrogens is 1330 g/mol. The van der Waals surface area contributed by atoms with Crippen molar-refractivity contribution in [2.24, 2.45) is 11.8 Å². The van der Waals surface area contributed by atoms with Crippen LogP contribution in [0.3, 0.4) is 0 Å². The lowest BCUT2D eigenvalue weighted by Gasteiger charge is -2.44. The first kappa shape index (κ1) is 77.0. The van der Waals surface area contributed by atoms with Gasteiger partial charge in [-0.25, -0.2) is 9.59 Å². The highest BCUT2D eigenvalue weighted by Crippen LogP contribution is 2.56. The molecule has 0 bridgehead atoms. The van der Waals surface area contributed by atoms with Crippen LogP contribution in [0, 0.1) is 11.8 Å². The third-order valence-electron chi connectivity index (χ3n) is 19.4. The molecule has 101 heavy (non-hydrogen) atoms. The summed E-state index contributed by atoms with van der Waals surface area (Å²) in [4.78, 5) is 68.0. The number of allylic oxidation sites excluding steroid dienone is 1. The minimum Gasteiger partial charge on any atom is -0.524 e. The maximum atomic E-state index is 14.2. The van der Waals surface area contributed by atoms with Gasteiger partial charge in [0.15, 0.2) is 5.78 Å². The number of ketones is 1. The van der Waals surface area contributed by atoms with Gasteiger partial charge in [0.1, 0.15) is 26.9 Å². The van der Waals surface area contributed by atoms with Gasteiger partial charge in [0.05, 0.1) is 32.4 Å². The Morgan fingerprint density at radius 3 is 1.54 bits per heavy atom. The summed E-state index contributed by atoms with van der Waals surface area (Å²) in [5.74, 6) is -8.80. The van der Waals surface area contributed by atoms with Crippen LogP contribution in [0.1, 0.15) is 136 Å². The molecule has 7 heterocycles. The summed E-state index contributed by atoms with van der Waals surface area (Å²) in [7, 11) is 4.10. The van der Waals surface area contributed by atoms with E-state index in [0.29, 0.717) is 41.9 Å². The van der Waals surface area contributed by atoms with Crippen molar-refractivity contribution in [3.63, 3.8) is 0 Å². The smallest absolute Gasteiger partial charge is 0.524 e. The lowest BCUT2D eigenvalue weighted by molar-refractivity contribution is -0.148. The van der Waals surface area contributed by atoms with Crippen molar-refractivity contribution in [3.05, 3.63) is 236 Å². The van der Waals surface area contributed by atoms with Gasteiger partial charge in [-0.3, -0.25) is 14.4 Å². The van der Waals surface area contributed by atoms with E-state index in [0.717, 1.165) is 59.9 Å². The number of ether oxygens (including phenoxy) is 2. The number of aliphatic hydroxyl groups is 1. The van der Waals surface area contributed by atoms with Crippen molar-refractivity contribution in [2.75, 3.05) is 33.9 Å². The number of thiophene rings is 2. The Labute approximate surface area is 600 Å². The van der Waals surface area contributed by atoms with Gasteiger partial charge in [-0.2, -0.15) is 17.6 Å². The first-order chi connectivity index (χ1) is 48.6. The molecule has 12 rings (SSSR count). The predicted octanol–water partition coefficient (Wildman–Crippen LogP) is 15.7. The summed E-state index contributed by atoms with van der Waals surface area (Å²) in [6.07, 6.45) is 13.5. The van der Waals surface area contributed by atoms with Crippen LogP contribution in [0.25, 0.3) is 0 Å². The van der Waals surface area contributed by atoms with E-state index >= 15 is 0 Å². The summed E-state index contributed by atoms with van der Waals surface area (Å²) in [5, 5.41) is 10.5. The molecule has 0 spiro atoms. The third-order valence-corrected chi connectivity index (χ3v) is 21.7. The van der Waals surface area contributed by atoms with Gasteiger partial charge >= 0.3 is 38.5 Å². The third kappa shape index (κ3) is 19.7. The molecule has 5 aliphatic rings. The number of fused-ring (bicyclic) bond motifs is 2. The monoisotopic (exact) mass is 1420 g/mol. The zero-order valence-corrected chi connectivity index (χ0v) is 59.9. The van der Waals surface area contributed by atoms with Crippen LogP contribution < -0.4 is 9.31 Å². The average molecular weight is 1420 g/mol. The normalized spacial score (nSPS) is 20.0. The Morgan fingerprint density at radius 1 is 0.624 bits per heavy atom. The van der Waals surface area contributed by atoms with Crippen molar-refractivity contribution in [1.82, 2.24) is 14.6 Å². The van der Waals surface area contributed by atoms with E-state index in [-0.39, 0.29) is 48.9 Å². The van der Waals surface area contributed by atoms with Gasteiger partial charge < -0.3 is 43.2 Å². The highest BCUT2D eigenvalue weighted by molar-refractivity contribution is 7.14. The summed E-state index contributed by atoms with van der Waals surface area (Å²) >= 11 is 2.59. The molecule has 6 atom stereocenters. The number of aliphatic hydroxyl groups excluding tert-OH is 1. The largest absolute Gasteiger partial charge is 0.658 e. The fraction of sp³-hybridized carbons (Fsp3) is 0.405. The number of para-hydroxylation sites is 2. The van der Waals surface area contributed by atoms with Gasteiger partial charge in [-0.15, -0.1) is 22.7 Å². The van der Waals surface area contributed by atoms with E-state index in [1.54, 1.807) is 30.4 Å². The topological polar surface area (TPSA) is 161 Å². The first-order valence-corrected chi connectivity index (χ1v) is 36.4. The number of carbonyl (C=O) groups is 5. The molecule has 4 saturated heterocycles. The van der Waals surface area contributed by atoms with Gasteiger partial charge in [0.2, 0.25) is 0 Å². The Morgan fingerprint density at radius 2 is 1.07 bits per heavy atom. The molecule has 4 fully saturated rings. The number of hydrogen-bond donors (Lipinski definition) is 1. The van der Waals surface area contributed by atoms with E-state index in [2.05, 4.69) is 103 Å². The quantitative estimate of drug-likeness (QED) is 0.0180. The maximum Gasteiger partial charge on any atom is 0.658 e. The van der Waals surface area contributed by atoms with Crippen molar-refractivity contribution in [3.8, 4) is 11.5 Å². The molecule has 1 N–H and O–H groups in total. The summed E-state index contributed by atoms with van der Waals surface area (Å²) in [5.41, 5.74) is 4.62. The molecule has 7 aromatic rings. The van der Waals surface area contributed by atoms with Crippen LogP contribution in [-0.2, 0) is 59.8 Å². The molecule has 2 aromatic heterocycles. The zero-order valence-electron chi connectivity index (χ0n) is 58.2. The number of halogens is 4. The van der Waals surface area contributed by atoms with E-state index in [1.807, 2.05) is 80.6 Å². The number of amides is 2. The minimum absolute atomic E-state index is 0.00905. The Balaban J connectivity index is 0.000000169. The summed E-state index contributed by atoms with van der Waals surface area (Å²) in [6, 6.07) is 54.6. The Hall–Kier alpha value is -8.14. The van der Waals surface area contributed by atoms with Crippen LogP contribution in [0.5, 0.6) is 11.5 Å². The van der Waals surface area contributed by atoms with E-state index < -0.39 is 66.6 Å². The van der Waals surface area contributed by atoms with Crippen molar-refractivity contribution in [1.29, 1.82) is 0 Å². The Bertz CT molecular complexity index is 3820. The van der Waals surface area contributed by atoms with E-state index in [4.69, 9.17) is 23.4 Å². The molecular formula is C79H90B2F4N3O11S2. The number of aryl methyl sites for hydroxylation is 4. The van der Waals surface area contributed by atoms with Crippen molar-refractivity contribution >= 4 is 66.9 Å². The molecule has 22 heteroatoms. The van der Waals surface area contributed by atoms with Gasteiger partial charge in [-0.1, -0.05) is 166 Å². The first-order valence-electron chi connectivity index (χ1n) is 34.7. The maximum absolute atomic E-state index is 14.2. The SMILES string of the molecule is CB1OC(c2ccccc2)(c2ccccc2)[C@@]2(C)CCCN12.COC(=O)c1ccc(CCCN2C(=O)C(F)(F)C[C@@H]2/C=C/C(=O)[C@H](C)CCCc2ccccc2)s1.COC(=O)c1ccc(CCCN2C(=O)C(F)(F)C[C@@H]2/C=C/[C@@H](O)[C@H](C)CCCc2ccccc2)s1.[B]1Oc2ccccc2O1.